The number of piperidine rings is 1. The fraction of sp³-hybridized carbons (Fsp3) is 0.676. The first-order valence-corrected chi connectivity index (χ1v) is 16.3. The average Bonchev–Trinajstić information content (AvgIpc) is 3.61. The number of benzene rings is 1. The van der Waals surface area contributed by atoms with Crippen molar-refractivity contribution in [3.05, 3.63) is 42.0 Å². The van der Waals surface area contributed by atoms with E-state index in [-0.39, 0.29) is 23.8 Å². The quantitative estimate of drug-likeness (QED) is 0.451. The second kappa shape index (κ2) is 11.8. The van der Waals surface area contributed by atoms with Gasteiger partial charge in [0, 0.05) is 30.9 Å². The van der Waals surface area contributed by atoms with Crippen molar-refractivity contribution in [1.29, 1.82) is 0 Å². The van der Waals surface area contributed by atoms with E-state index < -0.39 is 29.6 Å². The minimum Gasteiger partial charge on any atom is -0.359 e. The van der Waals surface area contributed by atoms with Crippen LogP contribution >= 0.6 is 0 Å². The van der Waals surface area contributed by atoms with Crippen LogP contribution in [0.4, 0.5) is 5.69 Å². The largest absolute Gasteiger partial charge is 0.359 e. The number of aryl methyl sites for hydroxylation is 1. The number of hydrogen-bond acceptors (Lipinski definition) is 5. The van der Waals surface area contributed by atoms with Gasteiger partial charge in [0.1, 0.15) is 11.6 Å². The minimum absolute atomic E-state index is 0.0724. The van der Waals surface area contributed by atoms with E-state index in [0.29, 0.717) is 30.1 Å². The maximum absolute atomic E-state index is 14.4. The molecule has 3 saturated heterocycles. The molecule has 9 atom stereocenters. The molecule has 5 aliphatic rings. The molecule has 2 N–H and O–H groups in total. The molecule has 4 fully saturated rings. The van der Waals surface area contributed by atoms with Crippen molar-refractivity contribution in [2.75, 3.05) is 25.0 Å². The van der Waals surface area contributed by atoms with Crippen molar-refractivity contribution in [2.45, 2.75) is 102 Å². The summed E-state index contributed by atoms with van der Waals surface area (Å²) in [7, 11) is 0. The number of rotatable bonds is 8. The number of amides is 3. The van der Waals surface area contributed by atoms with Crippen molar-refractivity contribution >= 4 is 23.4 Å². The van der Waals surface area contributed by atoms with Crippen LogP contribution in [-0.2, 0) is 19.1 Å². The van der Waals surface area contributed by atoms with Crippen LogP contribution in [0.1, 0.15) is 71.3 Å². The molecule has 1 saturated carbocycles. The molecule has 1 aliphatic carbocycles. The van der Waals surface area contributed by atoms with Gasteiger partial charge in [-0.1, -0.05) is 64.3 Å². The van der Waals surface area contributed by atoms with Gasteiger partial charge in [-0.15, -0.1) is 0 Å². The SMILES string of the molecule is CCC1CCCCN1CCN1C(=O)[C@@H]2C(C(=O)Nc3cccc(C)c3)[C@@H]3C=C[C@]2(O3)C1C(=O)NC1CCCC(C)C1C. The van der Waals surface area contributed by atoms with Gasteiger partial charge in [-0.3, -0.25) is 19.3 Å². The molecule has 0 radical (unpaired) electrons. The van der Waals surface area contributed by atoms with Crippen molar-refractivity contribution in [3.63, 3.8) is 0 Å². The molecule has 0 aromatic heterocycles. The van der Waals surface area contributed by atoms with E-state index in [1.165, 1.54) is 19.3 Å². The summed E-state index contributed by atoms with van der Waals surface area (Å²) in [5, 5.41) is 6.41. The van der Waals surface area contributed by atoms with Crippen LogP contribution in [0, 0.1) is 30.6 Å². The highest BCUT2D eigenvalue weighted by atomic mass is 16.5. The van der Waals surface area contributed by atoms with Crippen molar-refractivity contribution in [2.24, 2.45) is 23.7 Å². The first-order valence-electron chi connectivity index (χ1n) is 16.3. The normalized spacial score (nSPS) is 37.6. The van der Waals surface area contributed by atoms with Crippen molar-refractivity contribution < 1.29 is 19.1 Å². The molecule has 1 aromatic rings. The summed E-state index contributed by atoms with van der Waals surface area (Å²) in [5.41, 5.74) is 0.617. The Hall–Kier alpha value is -2.71. The van der Waals surface area contributed by atoms with E-state index in [1.807, 2.05) is 43.3 Å². The maximum atomic E-state index is 14.4. The average molecular weight is 577 g/mol. The molecule has 42 heavy (non-hydrogen) atoms. The highest BCUT2D eigenvalue weighted by Gasteiger charge is 2.72. The Balaban J connectivity index is 1.28. The Kier molecular flexibility index (Phi) is 8.22. The lowest BCUT2D eigenvalue weighted by atomic mass is 9.73. The standard InChI is InChI=1S/C34H48N4O4/c1-5-25-13-6-7-17-37(25)18-19-38-30(32(40)36-26-14-9-11-22(3)23(26)4)34-16-15-27(42-34)28(29(34)33(38)41)31(39)35-24-12-8-10-21(2)20-24/h8,10,12,15-16,20,22-23,25-30H,5-7,9,11,13-14,17-19H2,1-4H3,(H,35,39)(H,36,40)/t22?,23?,25?,26?,27-,28?,29-,30?,34+/m0/s1. The molecule has 2 bridgehead atoms. The van der Waals surface area contributed by atoms with E-state index in [4.69, 9.17) is 4.74 Å². The summed E-state index contributed by atoms with van der Waals surface area (Å²) >= 11 is 0. The Morgan fingerprint density at radius 1 is 1.07 bits per heavy atom. The smallest absolute Gasteiger partial charge is 0.246 e. The second-order valence-corrected chi connectivity index (χ2v) is 13.6. The molecule has 1 aromatic carbocycles. The molecule has 6 unspecified atom stereocenters. The zero-order valence-electron chi connectivity index (χ0n) is 25.7. The molecule has 8 nitrogen and oxygen atoms in total. The van der Waals surface area contributed by atoms with Gasteiger partial charge in [0.25, 0.3) is 0 Å². The predicted octanol–water partition coefficient (Wildman–Crippen LogP) is 4.29. The summed E-state index contributed by atoms with van der Waals surface area (Å²) in [6.45, 7) is 10.9. The van der Waals surface area contributed by atoms with Crippen LogP contribution in [-0.4, -0.2) is 77.0 Å². The van der Waals surface area contributed by atoms with E-state index >= 15 is 0 Å². The van der Waals surface area contributed by atoms with Crippen LogP contribution in [0.5, 0.6) is 0 Å². The summed E-state index contributed by atoms with van der Waals surface area (Å²) in [6.07, 6.45) is 11.2. The molecular formula is C34H48N4O4. The van der Waals surface area contributed by atoms with Crippen molar-refractivity contribution in [1.82, 2.24) is 15.1 Å². The van der Waals surface area contributed by atoms with Gasteiger partial charge in [0.05, 0.1) is 17.9 Å². The number of hydrogen-bond donors (Lipinski definition) is 2. The van der Waals surface area contributed by atoms with Crippen molar-refractivity contribution in [3.8, 4) is 0 Å². The van der Waals surface area contributed by atoms with E-state index in [9.17, 15) is 14.4 Å². The van der Waals surface area contributed by atoms with Crippen LogP contribution in [0.3, 0.4) is 0 Å². The molecule has 6 rings (SSSR count). The Morgan fingerprint density at radius 3 is 2.69 bits per heavy atom. The van der Waals surface area contributed by atoms with Crippen LogP contribution < -0.4 is 10.6 Å². The number of ether oxygens (including phenoxy) is 1. The first-order chi connectivity index (χ1) is 20.2. The fourth-order valence-electron chi connectivity index (χ4n) is 8.56. The van der Waals surface area contributed by atoms with Gasteiger partial charge in [-0.05, 0) is 68.7 Å². The molecular weight excluding hydrogens is 528 g/mol. The lowest BCUT2D eigenvalue weighted by Gasteiger charge is -2.39. The van der Waals surface area contributed by atoms with E-state index in [0.717, 1.165) is 44.3 Å². The Morgan fingerprint density at radius 2 is 1.90 bits per heavy atom. The van der Waals surface area contributed by atoms with Gasteiger partial charge >= 0.3 is 0 Å². The molecule has 1 spiro atoms. The third-order valence-electron chi connectivity index (χ3n) is 11.1. The topological polar surface area (TPSA) is 91.0 Å². The predicted molar refractivity (Wildman–Crippen MR) is 163 cm³/mol. The summed E-state index contributed by atoms with van der Waals surface area (Å²) in [6, 6.07) is 7.46. The Bertz CT molecular complexity index is 1230. The van der Waals surface area contributed by atoms with Crippen LogP contribution in [0.2, 0.25) is 0 Å². The third-order valence-corrected chi connectivity index (χ3v) is 11.1. The second-order valence-electron chi connectivity index (χ2n) is 13.6. The first kappa shape index (κ1) is 29.4. The molecule has 4 heterocycles. The van der Waals surface area contributed by atoms with Gasteiger partial charge in [-0.2, -0.15) is 0 Å². The number of carbonyl (C=O) groups is 3. The lowest BCUT2D eigenvalue weighted by molar-refractivity contribution is -0.142. The zero-order chi connectivity index (χ0) is 29.6. The lowest BCUT2D eigenvalue weighted by Crippen LogP contribution is -2.58. The van der Waals surface area contributed by atoms with Gasteiger partial charge in [0.2, 0.25) is 17.7 Å². The minimum atomic E-state index is -1.13. The number of likely N-dealkylation sites (tertiary alicyclic amines) is 2. The van der Waals surface area contributed by atoms with E-state index in [2.05, 4.69) is 36.3 Å². The molecule has 228 valence electrons. The summed E-state index contributed by atoms with van der Waals surface area (Å²) < 4.78 is 6.58. The van der Waals surface area contributed by atoms with Gasteiger partial charge in [0.15, 0.2) is 0 Å². The monoisotopic (exact) mass is 576 g/mol. The third kappa shape index (κ3) is 5.08. The summed E-state index contributed by atoms with van der Waals surface area (Å²) in [5.74, 6) is -1.02. The van der Waals surface area contributed by atoms with Gasteiger partial charge in [-0.25, -0.2) is 0 Å². The number of nitrogens with one attached hydrogen (secondary N) is 2. The molecule has 3 amide bonds. The summed E-state index contributed by atoms with van der Waals surface area (Å²) in [4.78, 5) is 46.7. The molecule has 4 aliphatic heterocycles. The molecule has 8 heteroatoms. The number of fused-ring (bicyclic) bond motifs is 1. The van der Waals surface area contributed by atoms with Gasteiger partial charge < -0.3 is 20.3 Å². The highest BCUT2D eigenvalue weighted by Crippen LogP contribution is 2.55. The van der Waals surface area contributed by atoms with Crippen LogP contribution in [0.15, 0.2) is 36.4 Å². The maximum Gasteiger partial charge on any atom is 0.246 e. The van der Waals surface area contributed by atoms with E-state index in [1.54, 1.807) is 4.90 Å². The number of carbonyl (C=O) groups excluding carboxylic acids is 3. The number of anilines is 1. The number of nitrogens with zero attached hydrogens (tertiary/aromatic N) is 2. The zero-order valence-corrected chi connectivity index (χ0v) is 25.7. The van der Waals surface area contributed by atoms with Crippen LogP contribution in [0.25, 0.3) is 0 Å². The fourth-order valence-corrected chi connectivity index (χ4v) is 8.56. The Labute approximate surface area is 250 Å². The highest BCUT2D eigenvalue weighted by molar-refractivity contribution is 6.02.